The van der Waals surface area contributed by atoms with Gasteiger partial charge in [-0.15, -0.1) is 5.10 Å². The summed E-state index contributed by atoms with van der Waals surface area (Å²) >= 11 is 0. The molecule has 2 heterocycles. The highest BCUT2D eigenvalue weighted by Gasteiger charge is 2.37. The standard InChI is InChI=1S/C10H14N6O2/c1-4-10(2,9(17)18)16-8(12-13-14-16)7-5-11-6-15(7)3/h5-6H,4H2,1-3H3,(H,17,18). The Balaban J connectivity index is 2.58. The Labute approximate surface area is 103 Å². The number of aliphatic carboxylic acids is 1. The van der Waals surface area contributed by atoms with Gasteiger partial charge in [-0.05, 0) is 23.8 Å². The van der Waals surface area contributed by atoms with Gasteiger partial charge >= 0.3 is 5.97 Å². The predicted molar refractivity (Wildman–Crippen MR) is 61.6 cm³/mol. The second kappa shape index (κ2) is 4.21. The summed E-state index contributed by atoms with van der Waals surface area (Å²) in [5, 5.41) is 20.6. The molecule has 0 saturated carbocycles. The minimum Gasteiger partial charge on any atom is -0.479 e. The predicted octanol–water partition coefficient (Wildman–Crippen LogP) is 0.283. The molecule has 0 aliphatic carbocycles. The highest BCUT2D eigenvalue weighted by molar-refractivity contribution is 5.76. The van der Waals surface area contributed by atoms with E-state index in [1.165, 1.54) is 4.68 Å². The summed E-state index contributed by atoms with van der Waals surface area (Å²) in [6.45, 7) is 3.37. The number of carboxylic acid groups (broad SMARTS) is 1. The van der Waals surface area contributed by atoms with Gasteiger partial charge in [0.15, 0.2) is 5.54 Å². The summed E-state index contributed by atoms with van der Waals surface area (Å²) in [6, 6.07) is 0. The lowest BCUT2D eigenvalue weighted by molar-refractivity contribution is -0.147. The Morgan fingerprint density at radius 2 is 2.28 bits per heavy atom. The third kappa shape index (κ3) is 1.66. The van der Waals surface area contributed by atoms with Gasteiger partial charge in [0.2, 0.25) is 5.82 Å². The molecule has 18 heavy (non-hydrogen) atoms. The van der Waals surface area contributed by atoms with E-state index < -0.39 is 11.5 Å². The molecule has 8 heteroatoms. The lowest BCUT2D eigenvalue weighted by atomic mass is 9.99. The minimum atomic E-state index is -1.18. The van der Waals surface area contributed by atoms with Crippen molar-refractivity contribution in [3.8, 4) is 11.5 Å². The van der Waals surface area contributed by atoms with Crippen molar-refractivity contribution in [2.24, 2.45) is 7.05 Å². The smallest absolute Gasteiger partial charge is 0.331 e. The van der Waals surface area contributed by atoms with E-state index in [0.29, 0.717) is 17.9 Å². The van der Waals surface area contributed by atoms with E-state index >= 15 is 0 Å². The molecule has 1 unspecified atom stereocenters. The van der Waals surface area contributed by atoms with Gasteiger partial charge < -0.3 is 9.67 Å². The van der Waals surface area contributed by atoms with Crippen molar-refractivity contribution < 1.29 is 9.90 Å². The first-order valence-electron chi connectivity index (χ1n) is 5.49. The van der Waals surface area contributed by atoms with E-state index in [2.05, 4.69) is 20.5 Å². The molecule has 1 N–H and O–H groups in total. The number of rotatable bonds is 4. The highest BCUT2D eigenvalue weighted by atomic mass is 16.4. The minimum absolute atomic E-state index is 0.373. The zero-order chi connectivity index (χ0) is 13.3. The van der Waals surface area contributed by atoms with E-state index in [4.69, 9.17) is 0 Å². The van der Waals surface area contributed by atoms with Crippen molar-refractivity contribution in [1.82, 2.24) is 29.8 Å². The molecule has 0 fully saturated rings. The van der Waals surface area contributed by atoms with E-state index in [-0.39, 0.29) is 0 Å². The summed E-state index contributed by atoms with van der Waals surface area (Å²) in [5.41, 5.74) is -0.510. The summed E-state index contributed by atoms with van der Waals surface area (Å²) in [4.78, 5) is 15.4. The molecule has 0 saturated heterocycles. The van der Waals surface area contributed by atoms with Crippen LogP contribution in [0.1, 0.15) is 20.3 Å². The first kappa shape index (κ1) is 12.2. The average Bonchev–Trinajstić information content (AvgIpc) is 2.95. The van der Waals surface area contributed by atoms with Gasteiger partial charge in [0.25, 0.3) is 0 Å². The molecule has 1 atom stereocenters. The summed E-state index contributed by atoms with van der Waals surface area (Å²) in [7, 11) is 1.80. The number of imidazole rings is 1. The quantitative estimate of drug-likeness (QED) is 0.837. The molecule has 2 aromatic rings. The van der Waals surface area contributed by atoms with Gasteiger partial charge in [-0.25, -0.2) is 14.5 Å². The fraction of sp³-hybridized carbons (Fsp3) is 0.500. The number of carboxylic acids is 1. The Hall–Kier alpha value is -2.25. The third-order valence-electron chi connectivity index (χ3n) is 3.13. The number of hydrogen-bond donors (Lipinski definition) is 1. The van der Waals surface area contributed by atoms with Crippen LogP contribution in [-0.2, 0) is 17.4 Å². The summed E-state index contributed by atoms with van der Waals surface area (Å²) in [5.74, 6) is -0.581. The van der Waals surface area contributed by atoms with Crippen molar-refractivity contribution in [1.29, 1.82) is 0 Å². The highest BCUT2D eigenvalue weighted by Crippen LogP contribution is 2.25. The molecule has 0 aliphatic heterocycles. The Kier molecular flexibility index (Phi) is 2.85. The second-order valence-electron chi connectivity index (χ2n) is 4.24. The first-order valence-corrected chi connectivity index (χ1v) is 5.49. The van der Waals surface area contributed by atoms with Crippen molar-refractivity contribution in [3.63, 3.8) is 0 Å². The third-order valence-corrected chi connectivity index (χ3v) is 3.13. The van der Waals surface area contributed by atoms with Gasteiger partial charge in [-0.2, -0.15) is 0 Å². The van der Waals surface area contributed by atoms with Crippen LogP contribution in [0.3, 0.4) is 0 Å². The molecule has 0 radical (unpaired) electrons. The molecule has 2 rings (SSSR count). The fourth-order valence-corrected chi connectivity index (χ4v) is 1.64. The lowest BCUT2D eigenvalue weighted by Crippen LogP contribution is -2.39. The number of aromatic nitrogens is 6. The van der Waals surface area contributed by atoms with Crippen LogP contribution in [0.25, 0.3) is 11.5 Å². The van der Waals surface area contributed by atoms with Gasteiger partial charge in [-0.1, -0.05) is 6.92 Å². The number of nitrogens with zero attached hydrogens (tertiary/aromatic N) is 6. The maximum Gasteiger partial charge on any atom is 0.331 e. The second-order valence-corrected chi connectivity index (χ2v) is 4.24. The number of tetrazole rings is 1. The monoisotopic (exact) mass is 250 g/mol. The molecule has 0 amide bonds. The molecule has 2 aromatic heterocycles. The topological polar surface area (TPSA) is 98.7 Å². The van der Waals surface area contributed by atoms with Crippen molar-refractivity contribution >= 4 is 5.97 Å². The lowest BCUT2D eigenvalue weighted by Gasteiger charge is -2.23. The van der Waals surface area contributed by atoms with Crippen LogP contribution in [-0.4, -0.2) is 40.8 Å². The normalized spacial score (nSPS) is 14.4. The Morgan fingerprint density at radius 1 is 1.56 bits per heavy atom. The van der Waals surface area contributed by atoms with Crippen molar-refractivity contribution in [2.45, 2.75) is 25.8 Å². The largest absolute Gasteiger partial charge is 0.479 e. The Bertz CT molecular complexity index is 574. The van der Waals surface area contributed by atoms with Gasteiger partial charge in [-0.3, -0.25) is 0 Å². The first-order chi connectivity index (χ1) is 8.50. The maximum atomic E-state index is 11.4. The van der Waals surface area contributed by atoms with Crippen LogP contribution in [0.4, 0.5) is 0 Å². The molecule has 8 nitrogen and oxygen atoms in total. The maximum absolute atomic E-state index is 11.4. The van der Waals surface area contributed by atoms with Crippen LogP contribution < -0.4 is 0 Å². The SMILES string of the molecule is CCC(C)(C(=O)O)n1nnnc1-c1cncn1C. The van der Waals surface area contributed by atoms with Crippen molar-refractivity contribution in [3.05, 3.63) is 12.5 Å². The molecule has 0 spiro atoms. The summed E-state index contributed by atoms with van der Waals surface area (Å²) < 4.78 is 3.06. The van der Waals surface area contributed by atoms with Crippen LogP contribution in [0.5, 0.6) is 0 Å². The summed E-state index contributed by atoms with van der Waals surface area (Å²) in [6.07, 6.45) is 3.58. The van der Waals surface area contributed by atoms with Crippen LogP contribution in [0, 0.1) is 0 Å². The number of hydrogen-bond acceptors (Lipinski definition) is 5. The molecule has 0 aromatic carbocycles. The molecular formula is C10H14N6O2. The van der Waals surface area contributed by atoms with Crippen molar-refractivity contribution in [2.75, 3.05) is 0 Å². The zero-order valence-corrected chi connectivity index (χ0v) is 10.4. The van der Waals surface area contributed by atoms with E-state index in [1.54, 1.807) is 38.0 Å². The average molecular weight is 250 g/mol. The van der Waals surface area contributed by atoms with E-state index in [9.17, 15) is 9.90 Å². The molecule has 0 bridgehead atoms. The van der Waals surface area contributed by atoms with Gasteiger partial charge in [0.05, 0.1) is 12.5 Å². The zero-order valence-electron chi connectivity index (χ0n) is 10.4. The Morgan fingerprint density at radius 3 is 2.78 bits per heavy atom. The molecular weight excluding hydrogens is 236 g/mol. The van der Waals surface area contributed by atoms with E-state index in [1.807, 2.05) is 0 Å². The number of aryl methyl sites for hydroxylation is 1. The van der Waals surface area contributed by atoms with E-state index in [0.717, 1.165) is 0 Å². The molecule has 0 aliphatic rings. The van der Waals surface area contributed by atoms with Crippen LogP contribution in [0.2, 0.25) is 0 Å². The van der Waals surface area contributed by atoms with Gasteiger partial charge in [0, 0.05) is 7.05 Å². The molecule has 96 valence electrons. The fourth-order valence-electron chi connectivity index (χ4n) is 1.64. The van der Waals surface area contributed by atoms with Crippen LogP contribution in [0.15, 0.2) is 12.5 Å². The van der Waals surface area contributed by atoms with Crippen LogP contribution >= 0.6 is 0 Å². The van der Waals surface area contributed by atoms with Gasteiger partial charge in [0.1, 0.15) is 5.69 Å². The number of carbonyl (C=O) groups is 1.